The fourth-order valence-electron chi connectivity index (χ4n) is 1.74. The number of Topliss-reactive ketones (excluding diaryl/α,β-unsaturated/α-hetero) is 1. The number of carbonyl (C=O) groups excluding carboxylic acids is 1. The largest absolute Gasteiger partial charge is 0.328 e. The number of carbonyl (C=O) groups is 1. The first-order valence-corrected chi connectivity index (χ1v) is 5.87. The molecule has 1 atom stereocenters. The van der Waals surface area contributed by atoms with Crippen LogP contribution in [0.15, 0.2) is 12.4 Å². The van der Waals surface area contributed by atoms with E-state index >= 15 is 0 Å². The minimum Gasteiger partial charge on any atom is -0.328 e. The fraction of sp³-hybridized carbons (Fsp3) is 0.667. The average molecular weight is 223 g/mol. The molecule has 0 radical (unpaired) electrons. The number of nitrogens with two attached hydrogens (primary N) is 1. The van der Waals surface area contributed by atoms with E-state index in [1.54, 1.807) is 6.20 Å². The summed E-state index contributed by atoms with van der Waals surface area (Å²) in [4.78, 5) is 16.1. The van der Waals surface area contributed by atoms with E-state index in [9.17, 15) is 4.79 Å². The molecule has 0 aliphatic heterocycles. The van der Waals surface area contributed by atoms with E-state index < -0.39 is 6.04 Å². The lowest BCUT2D eigenvalue weighted by atomic mass is 10.0. The molecule has 1 unspecified atom stereocenters. The maximum Gasteiger partial charge on any atom is 0.214 e. The van der Waals surface area contributed by atoms with Crippen molar-refractivity contribution < 1.29 is 4.79 Å². The molecule has 0 aliphatic carbocycles. The van der Waals surface area contributed by atoms with Crippen LogP contribution in [0.1, 0.15) is 44.2 Å². The van der Waals surface area contributed by atoms with E-state index in [4.69, 9.17) is 5.73 Å². The van der Waals surface area contributed by atoms with Crippen molar-refractivity contribution in [3.8, 4) is 0 Å². The van der Waals surface area contributed by atoms with Crippen molar-refractivity contribution in [1.82, 2.24) is 9.55 Å². The van der Waals surface area contributed by atoms with Gasteiger partial charge in [0, 0.05) is 18.9 Å². The first-order valence-electron chi connectivity index (χ1n) is 5.87. The van der Waals surface area contributed by atoms with Gasteiger partial charge in [0.25, 0.3) is 0 Å². The summed E-state index contributed by atoms with van der Waals surface area (Å²) in [6, 6.07) is -0.432. The normalized spacial score (nSPS) is 13.1. The molecule has 90 valence electrons. The fourth-order valence-corrected chi connectivity index (χ4v) is 1.74. The van der Waals surface area contributed by atoms with Gasteiger partial charge in [-0.2, -0.15) is 0 Å². The number of aromatic nitrogens is 2. The molecule has 4 heteroatoms. The Labute approximate surface area is 96.9 Å². The van der Waals surface area contributed by atoms with Crippen LogP contribution in [-0.2, 0) is 6.54 Å². The molecule has 1 aromatic heterocycles. The van der Waals surface area contributed by atoms with Crippen LogP contribution in [-0.4, -0.2) is 21.4 Å². The highest BCUT2D eigenvalue weighted by atomic mass is 16.1. The van der Waals surface area contributed by atoms with Gasteiger partial charge in [-0.15, -0.1) is 0 Å². The number of imidazole rings is 1. The molecule has 0 saturated heterocycles. The molecule has 16 heavy (non-hydrogen) atoms. The Hall–Kier alpha value is -1.16. The summed E-state index contributed by atoms with van der Waals surface area (Å²) < 4.78 is 1.88. The minimum absolute atomic E-state index is 0.0489. The molecular weight excluding hydrogens is 202 g/mol. The van der Waals surface area contributed by atoms with Crippen molar-refractivity contribution in [1.29, 1.82) is 0 Å². The third-order valence-corrected chi connectivity index (χ3v) is 2.46. The Bertz CT molecular complexity index is 344. The predicted molar refractivity (Wildman–Crippen MR) is 64.3 cm³/mol. The van der Waals surface area contributed by atoms with Crippen LogP contribution >= 0.6 is 0 Å². The van der Waals surface area contributed by atoms with Gasteiger partial charge in [-0.3, -0.25) is 4.79 Å². The van der Waals surface area contributed by atoms with Crippen molar-refractivity contribution in [3.05, 3.63) is 18.2 Å². The third-order valence-electron chi connectivity index (χ3n) is 2.46. The maximum absolute atomic E-state index is 12.0. The maximum atomic E-state index is 12.0. The van der Waals surface area contributed by atoms with Gasteiger partial charge < -0.3 is 10.3 Å². The molecule has 0 spiro atoms. The molecule has 0 aliphatic rings. The van der Waals surface area contributed by atoms with Gasteiger partial charge in [-0.25, -0.2) is 4.98 Å². The third kappa shape index (κ3) is 3.17. The molecule has 1 rings (SSSR count). The van der Waals surface area contributed by atoms with Crippen LogP contribution in [0.25, 0.3) is 0 Å². The van der Waals surface area contributed by atoms with Crippen LogP contribution in [0, 0.1) is 5.92 Å². The summed E-state index contributed by atoms with van der Waals surface area (Å²) in [5.41, 5.74) is 5.87. The van der Waals surface area contributed by atoms with Crippen LogP contribution < -0.4 is 5.73 Å². The highest BCUT2D eigenvalue weighted by molar-refractivity contribution is 5.97. The van der Waals surface area contributed by atoms with Crippen LogP contribution in [0.2, 0.25) is 0 Å². The van der Waals surface area contributed by atoms with E-state index in [1.807, 2.05) is 10.8 Å². The molecular formula is C12H21N3O. The van der Waals surface area contributed by atoms with Crippen molar-refractivity contribution in [2.75, 3.05) is 0 Å². The molecule has 1 heterocycles. The molecule has 2 N–H and O–H groups in total. The SMILES string of the molecule is CCCn1ccnc1C(=O)C(N)CC(C)C. The molecule has 0 saturated carbocycles. The van der Waals surface area contributed by atoms with Gasteiger partial charge in [-0.05, 0) is 18.8 Å². The second-order valence-electron chi connectivity index (χ2n) is 4.54. The first-order chi connectivity index (χ1) is 7.56. The van der Waals surface area contributed by atoms with Crippen molar-refractivity contribution >= 4 is 5.78 Å². The van der Waals surface area contributed by atoms with E-state index in [-0.39, 0.29) is 5.78 Å². The summed E-state index contributed by atoms with van der Waals surface area (Å²) in [5.74, 6) is 0.871. The van der Waals surface area contributed by atoms with Gasteiger partial charge in [0.15, 0.2) is 5.82 Å². The summed E-state index contributed by atoms with van der Waals surface area (Å²) >= 11 is 0. The van der Waals surface area contributed by atoms with Crippen molar-refractivity contribution in [3.63, 3.8) is 0 Å². The van der Waals surface area contributed by atoms with Crippen molar-refractivity contribution in [2.45, 2.75) is 46.2 Å². The van der Waals surface area contributed by atoms with Crippen LogP contribution in [0.4, 0.5) is 0 Å². The van der Waals surface area contributed by atoms with E-state index in [0.29, 0.717) is 18.2 Å². The Balaban J connectivity index is 2.75. The lowest BCUT2D eigenvalue weighted by molar-refractivity contribution is 0.0936. The van der Waals surface area contributed by atoms with Gasteiger partial charge in [0.05, 0.1) is 6.04 Å². The van der Waals surface area contributed by atoms with Gasteiger partial charge in [0.2, 0.25) is 5.78 Å². The average Bonchev–Trinajstić information content (AvgIpc) is 2.64. The van der Waals surface area contributed by atoms with Crippen LogP contribution in [0.5, 0.6) is 0 Å². The number of rotatable bonds is 6. The second-order valence-corrected chi connectivity index (χ2v) is 4.54. The van der Waals surface area contributed by atoms with Gasteiger partial charge in [0.1, 0.15) is 0 Å². The molecule has 4 nitrogen and oxygen atoms in total. The van der Waals surface area contributed by atoms with Crippen molar-refractivity contribution in [2.24, 2.45) is 11.7 Å². The number of ketones is 1. The predicted octanol–water partition coefficient (Wildman–Crippen LogP) is 1.85. The molecule has 0 bridgehead atoms. The second kappa shape index (κ2) is 5.80. The molecule has 0 amide bonds. The number of hydrogen-bond acceptors (Lipinski definition) is 3. The zero-order valence-electron chi connectivity index (χ0n) is 10.3. The smallest absolute Gasteiger partial charge is 0.214 e. The van der Waals surface area contributed by atoms with E-state index in [0.717, 1.165) is 13.0 Å². The molecule has 0 fully saturated rings. The topological polar surface area (TPSA) is 60.9 Å². The zero-order valence-corrected chi connectivity index (χ0v) is 10.3. The lowest BCUT2D eigenvalue weighted by Crippen LogP contribution is -2.33. The Morgan fingerprint density at radius 2 is 2.25 bits per heavy atom. The Kier molecular flexibility index (Phi) is 4.68. The standard InChI is InChI=1S/C12H21N3O/c1-4-6-15-7-5-14-12(15)11(16)10(13)8-9(2)3/h5,7,9-10H,4,6,8,13H2,1-3H3. The highest BCUT2D eigenvalue weighted by Crippen LogP contribution is 2.09. The highest BCUT2D eigenvalue weighted by Gasteiger charge is 2.20. The minimum atomic E-state index is -0.432. The summed E-state index contributed by atoms with van der Waals surface area (Å²) in [7, 11) is 0. The number of nitrogens with zero attached hydrogens (tertiary/aromatic N) is 2. The van der Waals surface area contributed by atoms with Gasteiger partial charge >= 0.3 is 0 Å². The van der Waals surface area contributed by atoms with E-state index in [2.05, 4.69) is 25.8 Å². The Morgan fingerprint density at radius 1 is 1.56 bits per heavy atom. The van der Waals surface area contributed by atoms with Crippen LogP contribution in [0.3, 0.4) is 0 Å². The quantitative estimate of drug-likeness (QED) is 0.749. The summed E-state index contributed by atoms with van der Waals surface area (Å²) in [5, 5.41) is 0. The first kappa shape index (κ1) is 12.9. The summed E-state index contributed by atoms with van der Waals surface area (Å²) in [6.45, 7) is 7.01. The monoisotopic (exact) mass is 223 g/mol. The molecule has 0 aromatic carbocycles. The number of hydrogen-bond donors (Lipinski definition) is 1. The van der Waals surface area contributed by atoms with E-state index in [1.165, 1.54) is 0 Å². The van der Waals surface area contributed by atoms with Gasteiger partial charge in [-0.1, -0.05) is 20.8 Å². The number of aryl methyl sites for hydroxylation is 1. The Morgan fingerprint density at radius 3 is 2.81 bits per heavy atom. The zero-order chi connectivity index (χ0) is 12.1. The summed E-state index contributed by atoms with van der Waals surface area (Å²) in [6.07, 6.45) is 5.18. The lowest BCUT2D eigenvalue weighted by Gasteiger charge is -2.13. The molecule has 1 aromatic rings.